The molecule has 0 aliphatic heterocycles. The molecule has 2 rings (SSSR count). The molecular formula is C16H24N2O2. The van der Waals surface area contributed by atoms with Crippen LogP contribution in [0.2, 0.25) is 0 Å². The predicted molar refractivity (Wildman–Crippen MR) is 79.8 cm³/mol. The Bertz CT molecular complexity index is 458. The molecule has 1 fully saturated rings. The highest BCUT2D eigenvalue weighted by molar-refractivity contribution is 5.81. The smallest absolute Gasteiger partial charge is 0.260 e. The van der Waals surface area contributed by atoms with Gasteiger partial charge in [0.05, 0.1) is 0 Å². The Labute approximate surface area is 120 Å². The summed E-state index contributed by atoms with van der Waals surface area (Å²) in [5.74, 6) is 0.711. The first kappa shape index (κ1) is 14.9. The van der Waals surface area contributed by atoms with E-state index in [1.165, 1.54) is 5.56 Å². The SMILES string of the molecule is CCNC(C)c1cccc(OC(C)C(=O)NC2CC2)c1. The van der Waals surface area contributed by atoms with Crippen molar-refractivity contribution in [3.05, 3.63) is 29.8 Å². The highest BCUT2D eigenvalue weighted by Crippen LogP contribution is 2.21. The van der Waals surface area contributed by atoms with Crippen molar-refractivity contribution in [1.82, 2.24) is 10.6 Å². The summed E-state index contributed by atoms with van der Waals surface area (Å²) in [6.45, 7) is 6.91. The molecule has 0 aromatic heterocycles. The maximum absolute atomic E-state index is 11.9. The number of amides is 1. The molecule has 2 unspecified atom stereocenters. The minimum atomic E-state index is -0.458. The second-order valence-corrected chi connectivity index (χ2v) is 5.39. The number of carbonyl (C=O) groups is 1. The Morgan fingerprint density at radius 2 is 2.15 bits per heavy atom. The average Bonchev–Trinajstić information content (AvgIpc) is 3.23. The van der Waals surface area contributed by atoms with Gasteiger partial charge in [-0.2, -0.15) is 0 Å². The van der Waals surface area contributed by atoms with E-state index in [0.29, 0.717) is 6.04 Å². The summed E-state index contributed by atoms with van der Waals surface area (Å²) in [5, 5.41) is 6.32. The quantitative estimate of drug-likeness (QED) is 0.804. The summed E-state index contributed by atoms with van der Waals surface area (Å²) in [4.78, 5) is 11.9. The van der Waals surface area contributed by atoms with Gasteiger partial charge in [-0.1, -0.05) is 19.1 Å². The van der Waals surface area contributed by atoms with Crippen molar-refractivity contribution in [2.45, 2.75) is 51.8 Å². The molecule has 4 nitrogen and oxygen atoms in total. The van der Waals surface area contributed by atoms with Crippen molar-refractivity contribution in [2.75, 3.05) is 6.54 Å². The molecule has 20 heavy (non-hydrogen) atoms. The molecule has 1 amide bonds. The molecule has 2 N–H and O–H groups in total. The molecule has 0 spiro atoms. The van der Waals surface area contributed by atoms with E-state index in [0.717, 1.165) is 25.1 Å². The molecule has 4 heteroatoms. The van der Waals surface area contributed by atoms with Gasteiger partial charge in [0.15, 0.2) is 6.10 Å². The van der Waals surface area contributed by atoms with Gasteiger partial charge in [-0.3, -0.25) is 4.79 Å². The first-order chi connectivity index (χ1) is 9.60. The van der Waals surface area contributed by atoms with Gasteiger partial charge in [-0.05, 0) is 50.9 Å². The third-order valence-corrected chi connectivity index (χ3v) is 3.47. The summed E-state index contributed by atoms with van der Waals surface area (Å²) in [6.07, 6.45) is 1.72. The van der Waals surface area contributed by atoms with Crippen LogP contribution >= 0.6 is 0 Å². The van der Waals surface area contributed by atoms with E-state index in [2.05, 4.69) is 30.5 Å². The Kier molecular flexibility index (Phi) is 5.01. The maximum atomic E-state index is 11.9. The van der Waals surface area contributed by atoms with Crippen molar-refractivity contribution in [3.8, 4) is 5.75 Å². The first-order valence-corrected chi connectivity index (χ1v) is 7.40. The van der Waals surface area contributed by atoms with Gasteiger partial charge in [-0.25, -0.2) is 0 Å². The van der Waals surface area contributed by atoms with E-state index in [1.807, 2.05) is 18.2 Å². The lowest BCUT2D eigenvalue weighted by molar-refractivity contribution is -0.127. The van der Waals surface area contributed by atoms with Crippen molar-refractivity contribution < 1.29 is 9.53 Å². The highest BCUT2D eigenvalue weighted by atomic mass is 16.5. The Balaban J connectivity index is 1.94. The van der Waals surface area contributed by atoms with Gasteiger partial charge < -0.3 is 15.4 Å². The van der Waals surface area contributed by atoms with Crippen molar-refractivity contribution in [2.24, 2.45) is 0 Å². The van der Waals surface area contributed by atoms with Crippen LogP contribution in [0.15, 0.2) is 24.3 Å². The van der Waals surface area contributed by atoms with Gasteiger partial charge in [-0.15, -0.1) is 0 Å². The number of ether oxygens (including phenoxy) is 1. The second-order valence-electron chi connectivity index (χ2n) is 5.39. The fourth-order valence-electron chi connectivity index (χ4n) is 2.09. The lowest BCUT2D eigenvalue weighted by atomic mass is 10.1. The van der Waals surface area contributed by atoms with Crippen LogP contribution in [0.5, 0.6) is 5.75 Å². The molecular weight excluding hydrogens is 252 g/mol. The lowest BCUT2D eigenvalue weighted by Gasteiger charge is -2.17. The van der Waals surface area contributed by atoms with Crippen LogP contribution in [0.3, 0.4) is 0 Å². The summed E-state index contributed by atoms with van der Waals surface area (Å²) in [6, 6.07) is 8.56. The molecule has 0 radical (unpaired) electrons. The summed E-state index contributed by atoms with van der Waals surface area (Å²) in [5.41, 5.74) is 1.17. The van der Waals surface area contributed by atoms with Gasteiger partial charge in [0.2, 0.25) is 0 Å². The minimum Gasteiger partial charge on any atom is -0.481 e. The molecule has 1 saturated carbocycles. The zero-order valence-corrected chi connectivity index (χ0v) is 12.5. The zero-order valence-electron chi connectivity index (χ0n) is 12.5. The molecule has 1 aliphatic carbocycles. The van der Waals surface area contributed by atoms with Crippen LogP contribution < -0.4 is 15.4 Å². The normalized spacial score (nSPS) is 17.4. The predicted octanol–water partition coefficient (Wildman–Crippen LogP) is 2.40. The lowest BCUT2D eigenvalue weighted by Crippen LogP contribution is -2.37. The van der Waals surface area contributed by atoms with Crippen LogP contribution in [0.4, 0.5) is 0 Å². The van der Waals surface area contributed by atoms with Crippen LogP contribution in [-0.2, 0) is 4.79 Å². The van der Waals surface area contributed by atoms with Gasteiger partial charge in [0.1, 0.15) is 5.75 Å². The minimum absolute atomic E-state index is 0.0300. The van der Waals surface area contributed by atoms with E-state index < -0.39 is 6.10 Å². The van der Waals surface area contributed by atoms with Crippen LogP contribution in [0.25, 0.3) is 0 Å². The second kappa shape index (κ2) is 6.75. The number of carbonyl (C=O) groups excluding carboxylic acids is 1. The van der Waals surface area contributed by atoms with Crippen molar-refractivity contribution in [3.63, 3.8) is 0 Å². The number of hydrogen-bond donors (Lipinski definition) is 2. The van der Waals surface area contributed by atoms with Crippen LogP contribution in [0, 0.1) is 0 Å². The Hall–Kier alpha value is -1.55. The molecule has 1 aliphatic rings. The average molecular weight is 276 g/mol. The van der Waals surface area contributed by atoms with E-state index in [4.69, 9.17) is 4.74 Å². The monoisotopic (exact) mass is 276 g/mol. The van der Waals surface area contributed by atoms with Crippen LogP contribution in [0.1, 0.15) is 45.2 Å². The number of hydrogen-bond acceptors (Lipinski definition) is 3. The van der Waals surface area contributed by atoms with E-state index in [-0.39, 0.29) is 11.9 Å². The third-order valence-electron chi connectivity index (χ3n) is 3.47. The van der Waals surface area contributed by atoms with Crippen molar-refractivity contribution >= 4 is 5.91 Å². The molecule has 0 bridgehead atoms. The zero-order chi connectivity index (χ0) is 14.5. The first-order valence-electron chi connectivity index (χ1n) is 7.40. The van der Waals surface area contributed by atoms with Gasteiger partial charge in [0.25, 0.3) is 5.91 Å². The van der Waals surface area contributed by atoms with Crippen molar-refractivity contribution in [1.29, 1.82) is 0 Å². The topological polar surface area (TPSA) is 50.4 Å². The number of rotatable bonds is 7. The largest absolute Gasteiger partial charge is 0.481 e. The standard InChI is InChI=1S/C16H24N2O2/c1-4-17-11(2)13-6-5-7-15(10-13)20-12(3)16(19)18-14-8-9-14/h5-7,10-12,14,17H,4,8-9H2,1-3H3,(H,18,19). The van der Waals surface area contributed by atoms with Gasteiger partial charge >= 0.3 is 0 Å². The summed E-state index contributed by atoms with van der Waals surface area (Å²) in [7, 11) is 0. The van der Waals surface area contributed by atoms with E-state index in [9.17, 15) is 4.79 Å². The fourth-order valence-corrected chi connectivity index (χ4v) is 2.09. The summed E-state index contributed by atoms with van der Waals surface area (Å²) < 4.78 is 5.73. The maximum Gasteiger partial charge on any atom is 0.260 e. The molecule has 2 atom stereocenters. The molecule has 1 aromatic carbocycles. The molecule has 0 heterocycles. The van der Waals surface area contributed by atoms with E-state index >= 15 is 0 Å². The Morgan fingerprint density at radius 1 is 1.40 bits per heavy atom. The van der Waals surface area contributed by atoms with E-state index in [1.54, 1.807) is 6.92 Å². The number of benzene rings is 1. The number of nitrogens with one attached hydrogen (secondary N) is 2. The van der Waals surface area contributed by atoms with Crippen LogP contribution in [-0.4, -0.2) is 24.6 Å². The fraction of sp³-hybridized carbons (Fsp3) is 0.562. The molecule has 1 aromatic rings. The molecule has 110 valence electrons. The summed E-state index contributed by atoms with van der Waals surface area (Å²) >= 11 is 0. The Morgan fingerprint density at radius 3 is 2.80 bits per heavy atom. The third kappa shape index (κ3) is 4.23. The van der Waals surface area contributed by atoms with Gasteiger partial charge in [0, 0.05) is 12.1 Å². The highest BCUT2D eigenvalue weighted by Gasteiger charge is 2.26. The molecule has 0 saturated heterocycles.